The molecule has 0 aromatic heterocycles. The van der Waals surface area contributed by atoms with Gasteiger partial charge < -0.3 is 0 Å². The Bertz CT molecular complexity index is 930. The zero-order valence-electron chi connectivity index (χ0n) is 14.9. The lowest BCUT2D eigenvalue weighted by Crippen LogP contribution is -1.96. The molecule has 0 spiro atoms. The lowest BCUT2D eigenvalue weighted by Gasteiger charge is -2.16. The maximum absolute atomic E-state index is 2.37. The van der Waals surface area contributed by atoms with Gasteiger partial charge in [0, 0.05) is 6.42 Å². The van der Waals surface area contributed by atoms with Gasteiger partial charge in [-0.25, -0.2) is 0 Å². The Hall–Kier alpha value is -2.60. The van der Waals surface area contributed by atoms with Gasteiger partial charge in [-0.1, -0.05) is 80.1 Å². The zero-order valence-corrected chi connectivity index (χ0v) is 14.9. The first-order valence-corrected chi connectivity index (χ1v) is 9.11. The molecule has 0 unspecified atom stereocenters. The third-order valence-corrected chi connectivity index (χ3v) is 5.02. The van der Waals surface area contributed by atoms with E-state index in [0.29, 0.717) is 0 Å². The van der Waals surface area contributed by atoms with Gasteiger partial charge >= 0.3 is 0 Å². The number of allylic oxidation sites excluding steroid dienone is 1. The second kappa shape index (κ2) is 6.72. The molecule has 1 aliphatic carbocycles. The van der Waals surface area contributed by atoms with E-state index in [9.17, 15) is 0 Å². The molecule has 0 heteroatoms. The molecule has 0 saturated carbocycles. The first-order chi connectivity index (χ1) is 12.3. The molecule has 0 bridgehead atoms. The molecule has 0 fully saturated rings. The van der Waals surface area contributed by atoms with E-state index in [-0.39, 0.29) is 0 Å². The van der Waals surface area contributed by atoms with Gasteiger partial charge in [0.25, 0.3) is 0 Å². The Morgan fingerprint density at radius 3 is 2.32 bits per heavy atom. The highest BCUT2D eigenvalue weighted by Crippen LogP contribution is 2.41. The van der Waals surface area contributed by atoms with Gasteiger partial charge in [0.2, 0.25) is 0 Å². The summed E-state index contributed by atoms with van der Waals surface area (Å²) in [6, 6.07) is 24.0. The second-order valence-corrected chi connectivity index (χ2v) is 6.78. The predicted octanol–water partition coefficient (Wildman–Crippen LogP) is 6.72. The molecular weight excluding hydrogens is 300 g/mol. The number of benzene rings is 3. The molecule has 3 aromatic rings. The van der Waals surface area contributed by atoms with E-state index in [2.05, 4.69) is 93.1 Å². The van der Waals surface area contributed by atoms with Crippen molar-refractivity contribution in [2.24, 2.45) is 0 Å². The highest BCUT2D eigenvalue weighted by Gasteiger charge is 2.21. The van der Waals surface area contributed by atoms with Crippen molar-refractivity contribution < 1.29 is 0 Å². The van der Waals surface area contributed by atoms with E-state index in [4.69, 9.17) is 0 Å². The van der Waals surface area contributed by atoms with Crippen molar-refractivity contribution in [2.45, 2.75) is 26.7 Å². The standard InChI is InChI=1S/C25H23/c1-3-9-20-14-15-21-16-22(19-11-5-4-6-12-19)17-24(21)25(20)23-13-8-7-10-18(23)2/h4-8,10-17H,3,9H2,1-2H3. The van der Waals surface area contributed by atoms with Crippen LogP contribution in [0.25, 0.3) is 22.8 Å². The molecule has 123 valence electrons. The molecular formula is C25H23. The molecule has 1 radical (unpaired) electrons. The Balaban J connectivity index is 1.91. The van der Waals surface area contributed by atoms with Crippen molar-refractivity contribution in [1.29, 1.82) is 0 Å². The molecule has 0 nitrogen and oxygen atoms in total. The average Bonchev–Trinajstić information content (AvgIpc) is 3.08. The predicted molar refractivity (Wildman–Crippen MR) is 108 cm³/mol. The first-order valence-electron chi connectivity index (χ1n) is 9.11. The van der Waals surface area contributed by atoms with Gasteiger partial charge in [0.1, 0.15) is 0 Å². The first kappa shape index (κ1) is 15.9. The van der Waals surface area contributed by atoms with Crippen molar-refractivity contribution in [3.63, 3.8) is 0 Å². The van der Waals surface area contributed by atoms with Crippen LogP contribution >= 0.6 is 0 Å². The minimum Gasteiger partial charge on any atom is -0.0651 e. The molecule has 0 aliphatic heterocycles. The Morgan fingerprint density at radius 2 is 1.56 bits per heavy atom. The largest absolute Gasteiger partial charge is 0.0651 e. The third-order valence-electron chi connectivity index (χ3n) is 5.02. The number of aryl methyl sites for hydroxylation is 2. The van der Waals surface area contributed by atoms with E-state index in [0.717, 1.165) is 12.8 Å². The molecule has 1 aliphatic rings. The molecule has 3 aromatic carbocycles. The van der Waals surface area contributed by atoms with Crippen LogP contribution in [-0.2, 0) is 6.42 Å². The fraction of sp³-hybridized carbons (Fsp3) is 0.160. The fourth-order valence-electron chi connectivity index (χ4n) is 3.77. The molecule has 0 amide bonds. The number of rotatable bonds is 4. The van der Waals surface area contributed by atoms with Crippen molar-refractivity contribution in [2.75, 3.05) is 0 Å². The van der Waals surface area contributed by atoms with Gasteiger partial charge in [-0.2, -0.15) is 0 Å². The summed E-state index contributed by atoms with van der Waals surface area (Å²) in [4.78, 5) is 0. The van der Waals surface area contributed by atoms with Crippen LogP contribution in [0.3, 0.4) is 0 Å². The number of hydrogen-bond donors (Lipinski definition) is 0. The maximum atomic E-state index is 2.37. The van der Waals surface area contributed by atoms with Crippen molar-refractivity contribution in [1.82, 2.24) is 0 Å². The highest BCUT2D eigenvalue weighted by atomic mass is 14.2. The van der Waals surface area contributed by atoms with Gasteiger partial charge in [0.15, 0.2) is 0 Å². The second-order valence-electron chi connectivity index (χ2n) is 6.78. The van der Waals surface area contributed by atoms with Crippen LogP contribution in [0.2, 0.25) is 0 Å². The third kappa shape index (κ3) is 2.93. The topological polar surface area (TPSA) is 0 Å². The summed E-state index contributed by atoms with van der Waals surface area (Å²) in [5.74, 6) is 0. The summed E-state index contributed by atoms with van der Waals surface area (Å²) in [6.07, 6.45) is 6.97. The number of fused-ring (bicyclic) bond motifs is 1. The van der Waals surface area contributed by atoms with Crippen molar-refractivity contribution in [3.8, 4) is 11.1 Å². The molecule has 0 N–H and O–H groups in total. The molecule has 0 saturated heterocycles. The van der Waals surface area contributed by atoms with Gasteiger partial charge in [0.05, 0.1) is 0 Å². The Labute approximate surface area is 150 Å². The van der Waals surface area contributed by atoms with E-state index in [1.54, 1.807) is 0 Å². The summed E-state index contributed by atoms with van der Waals surface area (Å²) in [5.41, 5.74) is 10.9. The van der Waals surface area contributed by atoms with E-state index < -0.39 is 0 Å². The van der Waals surface area contributed by atoms with Gasteiger partial charge in [-0.15, -0.1) is 0 Å². The maximum Gasteiger partial charge on any atom is 0.0211 e. The minimum atomic E-state index is 1.12. The summed E-state index contributed by atoms with van der Waals surface area (Å²) >= 11 is 0. The summed E-state index contributed by atoms with van der Waals surface area (Å²) in [7, 11) is 0. The van der Waals surface area contributed by atoms with Crippen LogP contribution in [0, 0.1) is 13.3 Å². The SMILES string of the molecule is CCCc1ccc2c(c1-c1ccccc1C)C=C(c1ccccc1)[CH]2. The van der Waals surface area contributed by atoms with Crippen LogP contribution in [0.4, 0.5) is 0 Å². The van der Waals surface area contributed by atoms with Crippen LogP contribution in [0.5, 0.6) is 0 Å². The monoisotopic (exact) mass is 323 g/mol. The van der Waals surface area contributed by atoms with Crippen molar-refractivity contribution in [3.05, 3.63) is 101 Å². The number of hydrogen-bond acceptors (Lipinski definition) is 0. The highest BCUT2D eigenvalue weighted by molar-refractivity contribution is 5.99. The van der Waals surface area contributed by atoms with Gasteiger partial charge in [-0.3, -0.25) is 0 Å². The lowest BCUT2D eigenvalue weighted by molar-refractivity contribution is 0.922. The summed E-state index contributed by atoms with van der Waals surface area (Å²) < 4.78 is 0. The quantitative estimate of drug-likeness (QED) is 0.500. The van der Waals surface area contributed by atoms with E-state index >= 15 is 0 Å². The zero-order chi connectivity index (χ0) is 17.2. The fourth-order valence-corrected chi connectivity index (χ4v) is 3.77. The van der Waals surface area contributed by atoms with E-state index in [1.807, 2.05) is 0 Å². The molecule has 0 atom stereocenters. The van der Waals surface area contributed by atoms with E-state index in [1.165, 1.54) is 44.5 Å². The summed E-state index contributed by atoms with van der Waals surface area (Å²) in [5, 5.41) is 0. The Morgan fingerprint density at radius 1 is 0.800 bits per heavy atom. The smallest absolute Gasteiger partial charge is 0.0211 e. The summed E-state index contributed by atoms with van der Waals surface area (Å²) in [6.45, 7) is 4.47. The van der Waals surface area contributed by atoms with Crippen LogP contribution in [-0.4, -0.2) is 0 Å². The normalized spacial score (nSPS) is 12.8. The average molecular weight is 323 g/mol. The van der Waals surface area contributed by atoms with Crippen LogP contribution in [0.1, 0.15) is 41.2 Å². The Kier molecular flexibility index (Phi) is 4.28. The van der Waals surface area contributed by atoms with Gasteiger partial charge in [-0.05, 0) is 63.9 Å². The van der Waals surface area contributed by atoms with Crippen LogP contribution in [0.15, 0.2) is 66.7 Å². The minimum absolute atomic E-state index is 1.12. The van der Waals surface area contributed by atoms with Crippen molar-refractivity contribution >= 4 is 11.6 Å². The molecule has 4 rings (SSSR count). The van der Waals surface area contributed by atoms with Crippen LogP contribution < -0.4 is 0 Å². The molecule has 0 heterocycles. The molecule has 25 heavy (non-hydrogen) atoms. The lowest BCUT2D eigenvalue weighted by atomic mass is 9.88.